The fourth-order valence-corrected chi connectivity index (χ4v) is 2.98. The first-order valence-corrected chi connectivity index (χ1v) is 7.93. The molecule has 25 heavy (non-hydrogen) atoms. The van der Waals surface area contributed by atoms with E-state index < -0.39 is 11.9 Å². The lowest BCUT2D eigenvalue weighted by molar-refractivity contribution is -0.137. The van der Waals surface area contributed by atoms with Gasteiger partial charge in [0.05, 0.1) is 13.1 Å². The molecule has 5 heteroatoms. The summed E-state index contributed by atoms with van der Waals surface area (Å²) >= 11 is 0. The van der Waals surface area contributed by atoms with E-state index in [0.717, 1.165) is 11.1 Å². The zero-order valence-corrected chi connectivity index (χ0v) is 13.5. The molecule has 0 saturated carbocycles. The number of esters is 1. The second kappa shape index (κ2) is 7.65. The van der Waals surface area contributed by atoms with Gasteiger partial charge < -0.3 is 9.84 Å². The number of ether oxygens (including phenoxy) is 1. The maximum atomic E-state index is 11.8. The van der Waals surface area contributed by atoms with Crippen LogP contribution in [0.2, 0.25) is 0 Å². The molecule has 1 aliphatic carbocycles. The summed E-state index contributed by atoms with van der Waals surface area (Å²) in [5.74, 6) is 3.34. The molecule has 0 fully saturated rings. The molecule has 0 unspecified atom stereocenters. The molecule has 2 aromatic carbocycles. The van der Waals surface area contributed by atoms with Crippen molar-refractivity contribution >= 4 is 11.9 Å². The molecule has 0 aromatic heterocycles. The summed E-state index contributed by atoms with van der Waals surface area (Å²) in [6, 6.07) is 16.2. The molecule has 0 radical (unpaired) electrons. The number of carbonyl (C=O) groups is 2. The first-order valence-electron chi connectivity index (χ1n) is 7.93. The van der Waals surface area contributed by atoms with Crippen molar-refractivity contribution < 1.29 is 19.4 Å². The van der Waals surface area contributed by atoms with Gasteiger partial charge in [-0.15, -0.1) is 0 Å². The highest BCUT2D eigenvalue weighted by molar-refractivity contribution is 5.88. The lowest BCUT2D eigenvalue weighted by Gasteiger charge is -2.12. The zero-order chi connectivity index (χ0) is 17.6. The number of carboxylic acid groups (broad SMARTS) is 1. The molecular formula is C20H17NO4. The van der Waals surface area contributed by atoms with Gasteiger partial charge in [-0.2, -0.15) is 0 Å². The standard InChI is InChI=1S/C20H17NO4/c22-19(23)12-21-11-5-10-20(24)25-13-18-16-8-3-1-6-14(16)15-7-2-4-9-17(15)18/h1-4,6-9,18,21H,11-13H2,(H,22,23). The third-order valence-corrected chi connectivity index (χ3v) is 4.02. The average molecular weight is 335 g/mol. The number of carboxylic acids is 1. The van der Waals surface area contributed by atoms with Crippen molar-refractivity contribution in [3.63, 3.8) is 0 Å². The zero-order valence-electron chi connectivity index (χ0n) is 13.5. The van der Waals surface area contributed by atoms with Gasteiger partial charge in [0, 0.05) is 11.8 Å². The van der Waals surface area contributed by atoms with Gasteiger partial charge in [-0.25, -0.2) is 4.79 Å². The van der Waals surface area contributed by atoms with E-state index in [-0.39, 0.29) is 25.6 Å². The second-order valence-corrected chi connectivity index (χ2v) is 5.62. The van der Waals surface area contributed by atoms with Crippen LogP contribution >= 0.6 is 0 Å². The molecule has 2 N–H and O–H groups in total. The normalized spacial score (nSPS) is 11.8. The third-order valence-electron chi connectivity index (χ3n) is 4.02. The molecule has 0 atom stereocenters. The number of rotatable bonds is 5. The number of benzene rings is 2. The van der Waals surface area contributed by atoms with Gasteiger partial charge in [0.1, 0.15) is 6.61 Å². The highest BCUT2D eigenvalue weighted by Crippen LogP contribution is 2.44. The van der Waals surface area contributed by atoms with Crippen LogP contribution in [0, 0.1) is 11.8 Å². The van der Waals surface area contributed by atoms with Gasteiger partial charge in [0.2, 0.25) is 0 Å². The van der Waals surface area contributed by atoms with Gasteiger partial charge in [-0.1, -0.05) is 54.5 Å². The summed E-state index contributed by atoms with van der Waals surface area (Å²) in [6.45, 7) is 0.153. The largest absolute Gasteiger partial charge is 0.480 e. The van der Waals surface area contributed by atoms with Crippen molar-refractivity contribution in [1.82, 2.24) is 5.32 Å². The molecule has 5 nitrogen and oxygen atoms in total. The lowest BCUT2D eigenvalue weighted by Crippen LogP contribution is -2.22. The quantitative estimate of drug-likeness (QED) is 0.378. The Morgan fingerprint density at radius 3 is 2.24 bits per heavy atom. The molecule has 126 valence electrons. The van der Waals surface area contributed by atoms with Crippen molar-refractivity contribution in [3.8, 4) is 23.0 Å². The Balaban J connectivity index is 1.63. The van der Waals surface area contributed by atoms with Gasteiger partial charge >= 0.3 is 11.9 Å². The summed E-state index contributed by atoms with van der Waals surface area (Å²) < 4.78 is 5.31. The van der Waals surface area contributed by atoms with Crippen molar-refractivity contribution in [2.24, 2.45) is 0 Å². The second-order valence-electron chi connectivity index (χ2n) is 5.62. The Kier molecular flexibility index (Phi) is 5.12. The SMILES string of the molecule is O=C(O)CNCC#CC(=O)OCC1c2ccccc2-c2ccccc21. The summed E-state index contributed by atoms with van der Waals surface area (Å²) in [7, 11) is 0. The van der Waals surface area contributed by atoms with Gasteiger partial charge in [0.15, 0.2) is 0 Å². The molecule has 0 aliphatic heterocycles. The summed E-state index contributed by atoms with van der Waals surface area (Å²) in [6.07, 6.45) is 0. The van der Waals surface area contributed by atoms with E-state index in [2.05, 4.69) is 41.4 Å². The Hall–Kier alpha value is -3.10. The first-order chi connectivity index (χ1) is 12.2. The summed E-state index contributed by atoms with van der Waals surface area (Å²) in [4.78, 5) is 22.1. The van der Waals surface area contributed by atoms with Gasteiger partial charge in [-0.05, 0) is 22.3 Å². The fraction of sp³-hybridized carbons (Fsp3) is 0.200. The van der Waals surface area contributed by atoms with Crippen LogP contribution in [0.1, 0.15) is 17.0 Å². The van der Waals surface area contributed by atoms with Crippen molar-refractivity contribution in [3.05, 3.63) is 59.7 Å². The van der Waals surface area contributed by atoms with E-state index in [1.54, 1.807) is 0 Å². The number of fused-ring (bicyclic) bond motifs is 3. The van der Waals surface area contributed by atoms with E-state index >= 15 is 0 Å². The van der Waals surface area contributed by atoms with Crippen LogP contribution in [0.25, 0.3) is 11.1 Å². The number of carbonyl (C=O) groups excluding carboxylic acids is 1. The van der Waals surface area contributed by atoms with Crippen LogP contribution in [0.5, 0.6) is 0 Å². The minimum absolute atomic E-state index is 0.00304. The number of hydrogen-bond donors (Lipinski definition) is 2. The number of nitrogens with one attached hydrogen (secondary N) is 1. The third kappa shape index (κ3) is 3.87. The maximum Gasteiger partial charge on any atom is 0.384 e. The van der Waals surface area contributed by atoms with Crippen LogP contribution in [0.3, 0.4) is 0 Å². The molecular weight excluding hydrogens is 318 g/mol. The van der Waals surface area contributed by atoms with Crippen LogP contribution in [0.4, 0.5) is 0 Å². The molecule has 1 aliphatic rings. The van der Waals surface area contributed by atoms with E-state index in [1.165, 1.54) is 11.1 Å². The van der Waals surface area contributed by atoms with E-state index in [9.17, 15) is 9.59 Å². The minimum Gasteiger partial charge on any atom is -0.480 e. The lowest BCUT2D eigenvalue weighted by atomic mass is 9.98. The Morgan fingerprint density at radius 2 is 1.64 bits per heavy atom. The van der Waals surface area contributed by atoms with Crippen LogP contribution in [-0.4, -0.2) is 36.7 Å². The van der Waals surface area contributed by atoms with Crippen LogP contribution < -0.4 is 5.32 Å². The number of hydrogen-bond acceptors (Lipinski definition) is 4. The van der Waals surface area contributed by atoms with Crippen LogP contribution in [-0.2, 0) is 14.3 Å². The topological polar surface area (TPSA) is 75.6 Å². The Morgan fingerprint density at radius 1 is 1.04 bits per heavy atom. The van der Waals surface area contributed by atoms with Crippen molar-refractivity contribution in [2.45, 2.75) is 5.92 Å². The fourth-order valence-electron chi connectivity index (χ4n) is 2.98. The Labute approximate surface area is 145 Å². The van der Waals surface area contributed by atoms with Crippen molar-refractivity contribution in [2.75, 3.05) is 19.7 Å². The van der Waals surface area contributed by atoms with E-state index in [4.69, 9.17) is 9.84 Å². The average Bonchev–Trinajstić information content (AvgIpc) is 2.93. The van der Waals surface area contributed by atoms with Gasteiger partial charge in [-0.3, -0.25) is 10.1 Å². The van der Waals surface area contributed by atoms with Crippen LogP contribution in [0.15, 0.2) is 48.5 Å². The number of aliphatic carboxylic acids is 1. The molecule has 0 heterocycles. The monoisotopic (exact) mass is 335 g/mol. The van der Waals surface area contributed by atoms with E-state index in [0.29, 0.717) is 0 Å². The first kappa shape index (κ1) is 16.7. The summed E-state index contributed by atoms with van der Waals surface area (Å²) in [5, 5.41) is 11.1. The predicted molar refractivity (Wildman–Crippen MR) is 93.0 cm³/mol. The highest BCUT2D eigenvalue weighted by atomic mass is 16.5. The van der Waals surface area contributed by atoms with Gasteiger partial charge in [0.25, 0.3) is 0 Å². The molecule has 0 bridgehead atoms. The molecule has 0 amide bonds. The maximum absolute atomic E-state index is 11.8. The smallest absolute Gasteiger partial charge is 0.384 e. The molecule has 0 spiro atoms. The molecule has 2 aromatic rings. The van der Waals surface area contributed by atoms with Crippen molar-refractivity contribution in [1.29, 1.82) is 0 Å². The molecule has 3 rings (SSSR count). The minimum atomic E-state index is -0.969. The van der Waals surface area contributed by atoms with E-state index in [1.807, 2.05) is 24.3 Å². The predicted octanol–water partition coefficient (Wildman–Crippen LogP) is 2.02. The Bertz CT molecular complexity index is 818. The summed E-state index contributed by atoms with van der Waals surface area (Å²) in [5.41, 5.74) is 4.63. The molecule has 0 saturated heterocycles. The highest BCUT2D eigenvalue weighted by Gasteiger charge is 2.28.